The van der Waals surface area contributed by atoms with Crippen LogP contribution < -0.4 is 11.2 Å². The van der Waals surface area contributed by atoms with Crippen LogP contribution in [-0.2, 0) is 6.54 Å². The summed E-state index contributed by atoms with van der Waals surface area (Å²) < 4.78 is 1.89. The molecule has 3 heterocycles. The van der Waals surface area contributed by atoms with Gasteiger partial charge in [-0.2, -0.15) is 5.10 Å². The third kappa shape index (κ3) is 2.24. The highest BCUT2D eigenvalue weighted by Gasteiger charge is 2.34. The second-order valence-electron chi connectivity index (χ2n) is 6.75. The van der Waals surface area contributed by atoms with Gasteiger partial charge in [-0.3, -0.25) is 19.3 Å². The lowest BCUT2D eigenvalue weighted by molar-refractivity contribution is 0.0649. The smallest absolute Gasteiger partial charge is 0.272 e. The zero-order chi connectivity index (χ0) is 19.4. The number of rotatable bonds is 3. The maximum absolute atomic E-state index is 12.6. The minimum Gasteiger partial charge on any atom is -0.399 e. The Labute approximate surface area is 159 Å². The van der Waals surface area contributed by atoms with Crippen molar-refractivity contribution in [3.63, 3.8) is 0 Å². The van der Waals surface area contributed by atoms with E-state index in [1.54, 1.807) is 42.6 Å². The van der Waals surface area contributed by atoms with Gasteiger partial charge >= 0.3 is 0 Å². The van der Waals surface area contributed by atoms with Gasteiger partial charge in [0.15, 0.2) is 0 Å². The van der Waals surface area contributed by atoms with Crippen LogP contribution in [0.2, 0.25) is 0 Å². The summed E-state index contributed by atoms with van der Waals surface area (Å²) in [5.41, 5.74) is 11.7. The van der Waals surface area contributed by atoms with Gasteiger partial charge in [-0.25, -0.2) is 5.43 Å². The van der Waals surface area contributed by atoms with Gasteiger partial charge in [-0.15, -0.1) is 0 Å². The molecule has 3 aromatic rings. The molecule has 2 aromatic carbocycles. The Morgan fingerprint density at radius 3 is 2.39 bits per heavy atom. The molecule has 0 fully saturated rings. The third-order valence-electron chi connectivity index (χ3n) is 5.09. The Morgan fingerprint density at radius 1 is 0.964 bits per heavy atom. The summed E-state index contributed by atoms with van der Waals surface area (Å²) >= 11 is 0. The number of benzene rings is 2. The van der Waals surface area contributed by atoms with Gasteiger partial charge in [0.25, 0.3) is 17.7 Å². The minimum atomic E-state index is -0.328. The summed E-state index contributed by atoms with van der Waals surface area (Å²) in [5, 5.41) is 4.67. The van der Waals surface area contributed by atoms with Crippen LogP contribution in [0, 0.1) is 0 Å². The fourth-order valence-electron chi connectivity index (χ4n) is 3.81. The van der Waals surface area contributed by atoms with E-state index >= 15 is 0 Å². The number of hydrogen-bond donors (Lipinski definition) is 2. The van der Waals surface area contributed by atoms with Crippen molar-refractivity contribution in [1.82, 2.24) is 14.9 Å². The molecule has 2 aliphatic rings. The van der Waals surface area contributed by atoms with E-state index in [2.05, 4.69) is 10.5 Å². The van der Waals surface area contributed by atoms with Crippen LogP contribution in [0.5, 0.6) is 0 Å². The lowest BCUT2D eigenvalue weighted by Gasteiger charge is -2.15. The molecule has 28 heavy (non-hydrogen) atoms. The SMILES string of the molecule is Nc1cc2c3c(cn(CCN4C(=O)c5ccccc5C4=O)c3c1)C=NNC2=O. The van der Waals surface area contributed by atoms with E-state index in [0.717, 1.165) is 16.5 Å². The van der Waals surface area contributed by atoms with E-state index in [1.807, 2.05) is 10.8 Å². The van der Waals surface area contributed by atoms with E-state index in [0.29, 0.717) is 28.9 Å². The van der Waals surface area contributed by atoms with Crippen LogP contribution in [-0.4, -0.2) is 39.9 Å². The predicted octanol–water partition coefficient (Wildman–Crippen LogP) is 1.60. The molecule has 0 unspecified atom stereocenters. The monoisotopic (exact) mass is 373 g/mol. The number of hydrazone groups is 1. The second kappa shape index (κ2) is 5.78. The fraction of sp³-hybridized carbons (Fsp3) is 0.100. The number of carbonyl (C=O) groups excluding carboxylic acids is 3. The lowest BCUT2D eigenvalue weighted by atomic mass is 10.1. The van der Waals surface area contributed by atoms with E-state index in [-0.39, 0.29) is 24.3 Å². The van der Waals surface area contributed by atoms with Crippen molar-refractivity contribution in [2.24, 2.45) is 5.10 Å². The molecule has 0 saturated heterocycles. The van der Waals surface area contributed by atoms with Crippen molar-refractivity contribution in [3.8, 4) is 0 Å². The van der Waals surface area contributed by atoms with Gasteiger partial charge in [0.1, 0.15) is 0 Å². The minimum absolute atomic E-state index is 0.211. The van der Waals surface area contributed by atoms with Gasteiger partial charge in [-0.1, -0.05) is 12.1 Å². The topological polar surface area (TPSA) is 110 Å². The maximum Gasteiger partial charge on any atom is 0.272 e. The first-order valence-corrected chi connectivity index (χ1v) is 8.75. The lowest BCUT2D eigenvalue weighted by Crippen LogP contribution is -2.32. The van der Waals surface area contributed by atoms with Crippen LogP contribution in [0.1, 0.15) is 36.6 Å². The second-order valence-corrected chi connectivity index (χ2v) is 6.75. The molecule has 0 aliphatic carbocycles. The van der Waals surface area contributed by atoms with Crippen molar-refractivity contribution >= 4 is 40.5 Å². The first kappa shape index (κ1) is 16.2. The number of amides is 3. The molecule has 5 rings (SSSR count). The summed E-state index contributed by atoms with van der Waals surface area (Å²) in [7, 11) is 0. The molecule has 8 nitrogen and oxygen atoms in total. The number of aromatic nitrogens is 1. The van der Waals surface area contributed by atoms with Gasteiger partial charge < -0.3 is 10.3 Å². The van der Waals surface area contributed by atoms with Crippen molar-refractivity contribution < 1.29 is 14.4 Å². The zero-order valence-corrected chi connectivity index (χ0v) is 14.7. The van der Waals surface area contributed by atoms with E-state index in [9.17, 15) is 14.4 Å². The van der Waals surface area contributed by atoms with Crippen LogP contribution in [0.15, 0.2) is 47.7 Å². The molecule has 0 saturated carbocycles. The van der Waals surface area contributed by atoms with Crippen molar-refractivity contribution in [2.45, 2.75) is 6.54 Å². The average Bonchev–Trinajstić information content (AvgIpc) is 3.09. The standard InChI is InChI=1S/C20H15N5O3/c21-12-7-15-17-11(9-22-23-18(15)26)10-24(16(17)8-12)5-6-25-19(27)13-3-1-2-4-14(13)20(25)28/h1-4,7-10H,5-6,21H2,(H,23,26). The van der Waals surface area contributed by atoms with Crippen LogP contribution in [0.4, 0.5) is 5.69 Å². The first-order chi connectivity index (χ1) is 13.5. The van der Waals surface area contributed by atoms with Crippen LogP contribution >= 0.6 is 0 Å². The Hall–Kier alpha value is -3.94. The molecule has 0 bridgehead atoms. The predicted molar refractivity (Wildman–Crippen MR) is 103 cm³/mol. The normalized spacial score (nSPS) is 15.1. The largest absolute Gasteiger partial charge is 0.399 e. The molecule has 3 N–H and O–H groups in total. The first-order valence-electron chi connectivity index (χ1n) is 8.75. The number of imide groups is 1. The molecule has 8 heteroatoms. The van der Waals surface area contributed by atoms with Crippen molar-refractivity contribution in [2.75, 3.05) is 12.3 Å². The van der Waals surface area contributed by atoms with Crippen LogP contribution in [0.3, 0.4) is 0 Å². The molecular weight excluding hydrogens is 358 g/mol. The quantitative estimate of drug-likeness (QED) is 0.537. The summed E-state index contributed by atoms with van der Waals surface area (Å²) in [5.74, 6) is -0.913. The van der Waals surface area contributed by atoms with Gasteiger partial charge in [0.05, 0.1) is 28.4 Å². The van der Waals surface area contributed by atoms with Crippen molar-refractivity contribution in [3.05, 3.63) is 64.8 Å². The number of anilines is 1. The molecule has 138 valence electrons. The van der Waals surface area contributed by atoms with Gasteiger partial charge in [0.2, 0.25) is 0 Å². The highest BCUT2D eigenvalue weighted by Crippen LogP contribution is 2.29. The molecule has 0 radical (unpaired) electrons. The summed E-state index contributed by atoms with van der Waals surface area (Å²) in [6.07, 6.45) is 3.42. The van der Waals surface area contributed by atoms with Gasteiger partial charge in [0, 0.05) is 35.9 Å². The number of nitrogens with zero attached hydrogens (tertiary/aromatic N) is 3. The Bertz CT molecular complexity index is 1190. The molecule has 1 aromatic heterocycles. The Balaban J connectivity index is 1.51. The van der Waals surface area contributed by atoms with Crippen LogP contribution in [0.25, 0.3) is 10.9 Å². The zero-order valence-electron chi connectivity index (χ0n) is 14.7. The number of fused-ring (bicyclic) bond motifs is 1. The number of nitrogens with two attached hydrogens (primary N) is 1. The van der Waals surface area contributed by atoms with Gasteiger partial charge in [-0.05, 0) is 24.3 Å². The summed E-state index contributed by atoms with van der Waals surface area (Å²) in [6.45, 7) is 0.587. The fourth-order valence-corrected chi connectivity index (χ4v) is 3.81. The highest BCUT2D eigenvalue weighted by molar-refractivity contribution is 6.21. The molecular formula is C20H15N5O3. The summed E-state index contributed by atoms with van der Waals surface area (Å²) in [6, 6.07) is 10.2. The molecule has 3 amide bonds. The highest BCUT2D eigenvalue weighted by atomic mass is 16.2. The maximum atomic E-state index is 12.6. The summed E-state index contributed by atoms with van der Waals surface area (Å²) in [4.78, 5) is 38.6. The van der Waals surface area contributed by atoms with E-state index in [1.165, 1.54) is 4.90 Å². The number of nitrogen functional groups attached to an aromatic ring is 1. The third-order valence-corrected chi connectivity index (χ3v) is 5.09. The number of carbonyl (C=O) groups is 3. The van der Waals surface area contributed by atoms with E-state index < -0.39 is 0 Å². The molecule has 0 atom stereocenters. The number of nitrogens with one attached hydrogen (secondary N) is 1. The molecule has 0 spiro atoms. The average molecular weight is 373 g/mol. The van der Waals surface area contributed by atoms with E-state index in [4.69, 9.17) is 5.73 Å². The number of hydrogen-bond acceptors (Lipinski definition) is 5. The van der Waals surface area contributed by atoms with Crippen molar-refractivity contribution in [1.29, 1.82) is 0 Å². The molecule has 2 aliphatic heterocycles. The Kier molecular flexibility index (Phi) is 3.35. The Morgan fingerprint density at radius 2 is 1.68 bits per heavy atom.